The van der Waals surface area contributed by atoms with E-state index in [0.29, 0.717) is 32.1 Å². The van der Waals surface area contributed by atoms with Gasteiger partial charge in [0.2, 0.25) is 15.9 Å². The smallest absolute Gasteiger partial charge is 0.249 e. The number of ether oxygens (including phenoxy) is 2. The van der Waals surface area contributed by atoms with Gasteiger partial charge in [0.15, 0.2) is 0 Å². The molecule has 1 saturated heterocycles. The number of nitrogens with one attached hydrogen (secondary N) is 1. The number of amides is 1. The van der Waals surface area contributed by atoms with Crippen LogP contribution in [0.4, 0.5) is 5.69 Å². The second kappa shape index (κ2) is 8.07. The van der Waals surface area contributed by atoms with Crippen LogP contribution in [0.3, 0.4) is 0 Å². The number of anilines is 1. The third-order valence-electron chi connectivity index (χ3n) is 4.34. The van der Waals surface area contributed by atoms with Gasteiger partial charge in [-0.3, -0.25) is 9.48 Å². The molecule has 3 rings (SSSR count). The molecule has 0 bridgehead atoms. The molecule has 0 radical (unpaired) electrons. The van der Waals surface area contributed by atoms with E-state index in [0.717, 1.165) is 0 Å². The van der Waals surface area contributed by atoms with Crippen LogP contribution in [0.2, 0.25) is 0 Å². The van der Waals surface area contributed by atoms with E-state index in [4.69, 9.17) is 9.47 Å². The molecule has 1 N–H and O–H groups in total. The molecular weight excluding hydrogens is 372 g/mol. The summed E-state index contributed by atoms with van der Waals surface area (Å²) in [6.45, 7) is 3.02. The monoisotopic (exact) mass is 394 g/mol. The second-order valence-corrected chi connectivity index (χ2v) is 7.97. The predicted octanol–water partition coefficient (Wildman–Crippen LogP) is 1.11. The number of hydrogen-bond donors (Lipinski definition) is 1. The van der Waals surface area contributed by atoms with E-state index in [-0.39, 0.29) is 16.5 Å². The Morgan fingerprint density at radius 3 is 2.70 bits per heavy atom. The highest BCUT2D eigenvalue weighted by Gasteiger charge is 2.27. The molecular formula is C17H22N4O5S. The zero-order chi connectivity index (χ0) is 19.4. The van der Waals surface area contributed by atoms with Gasteiger partial charge in [0.05, 0.1) is 30.9 Å². The highest BCUT2D eigenvalue weighted by Crippen LogP contribution is 2.29. The number of sulfonamides is 1. The van der Waals surface area contributed by atoms with Crippen molar-refractivity contribution in [3.63, 3.8) is 0 Å². The Morgan fingerprint density at radius 2 is 2.07 bits per heavy atom. The number of methoxy groups -OCH3 is 1. The van der Waals surface area contributed by atoms with Crippen LogP contribution in [0.1, 0.15) is 13.0 Å². The van der Waals surface area contributed by atoms with E-state index in [1.54, 1.807) is 25.4 Å². The Bertz CT molecular complexity index is 892. The maximum atomic E-state index is 12.8. The first kappa shape index (κ1) is 19.3. The Hall–Kier alpha value is -2.43. The molecule has 1 aliphatic heterocycles. The molecule has 2 heterocycles. The molecule has 1 fully saturated rings. The summed E-state index contributed by atoms with van der Waals surface area (Å²) in [6, 6.07) is 5.57. The normalized spacial score (nSPS) is 16.7. The van der Waals surface area contributed by atoms with E-state index in [2.05, 4.69) is 10.4 Å². The minimum Gasteiger partial charge on any atom is -0.495 e. The fraction of sp³-hybridized carbons (Fsp3) is 0.412. The molecule has 0 spiro atoms. The summed E-state index contributed by atoms with van der Waals surface area (Å²) in [4.78, 5) is 12.6. The van der Waals surface area contributed by atoms with Gasteiger partial charge >= 0.3 is 0 Å². The summed E-state index contributed by atoms with van der Waals surface area (Å²) >= 11 is 0. The van der Waals surface area contributed by atoms with Gasteiger partial charge in [0.25, 0.3) is 0 Å². The van der Waals surface area contributed by atoms with Crippen molar-refractivity contribution < 1.29 is 22.7 Å². The first-order valence-corrected chi connectivity index (χ1v) is 9.93. The predicted molar refractivity (Wildman–Crippen MR) is 98.1 cm³/mol. The van der Waals surface area contributed by atoms with Crippen molar-refractivity contribution in [3.05, 3.63) is 36.7 Å². The van der Waals surface area contributed by atoms with Gasteiger partial charge in [-0.2, -0.15) is 9.40 Å². The summed E-state index contributed by atoms with van der Waals surface area (Å²) < 4.78 is 39.1. The maximum absolute atomic E-state index is 12.8. The molecule has 0 aliphatic carbocycles. The quantitative estimate of drug-likeness (QED) is 0.787. The third kappa shape index (κ3) is 4.12. The summed E-state index contributed by atoms with van der Waals surface area (Å²) in [5.74, 6) is 0.0369. The largest absolute Gasteiger partial charge is 0.495 e. The number of rotatable bonds is 6. The number of nitrogens with zero attached hydrogens (tertiary/aromatic N) is 3. The number of benzene rings is 1. The van der Waals surface area contributed by atoms with E-state index in [1.807, 2.05) is 0 Å². The van der Waals surface area contributed by atoms with Crippen LogP contribution < -0.4 is 10.1 Å². The zero-order valence-electron chi connectivity index (χ0n) is 15.2. The standard InChI is InChI=1S/C17H22N4O5S/c1-13(21-7-3-6-18-21)17(22)19-15-12-14(4-5-16(15)25-2)27(23,24)20-8-10-26-11-9-20/h3-7,12-13H,8-11H2,1-2H3,(H,19,22). The maximum Gasteiger partial charge on any atom is 0.249 e. The Morgan fingerprint density at radius 1 is 1.33 bits per heavy atom. The van der Waals surface area contributed by atoms with Crippen molar-refractivity contribution in [3.8, 4) is 5.75 Å². The molecule has 1 unspecified atom stereocenters. The van der Waals surface area contributed by atoms with Crippen LogP contribution >= 0.6 is 0 Å². The van der Waals surface area contributed by atoms with Gasteiger partial charge in [0, 0.05) is 25.5 Å². The van der Waals surface area contributed by atoms with Crippen molar-refractivity contribution in [1.82, 2.24) is 14.1 Å². The first-order chi connectivity index (χ1) is 12.9. The van der Waals surface area contributed by atoms with Crippen molar-refractivity contribution in [2.45, 2.75) is 17.9 Å². The number of carbonyl (C=O) groups excluding carboxylic acids is 1. The minimum atomic E-state index is -3.68. The van der Waals surface area contributed by atoms with Crippen molar-refractivity contribution in [2.75, 3.05) is 38.7 Å². The molecule has 146 valence electrons. The third-order valence-corrected chi connectivity index (χ3v) is 6.23. The zero-order valence-corrected chi connectivity index (χ0v) is 16.0. The van der Waals surface area contributed by atoms with Crippen LogP contribution in [-0.2, 0) is 19.6 Å². The molecule has 0 saturated carbocycles. The minimum absolute atomic E-state index is 0.0900. The number of aromatic nitrogens is 2. The van der Waals surface area contributed by atoms with Crippen LogP contribution in [0.25, 0.3) is 0 Å². The lowest BCUT2D eigenvalue weighted by molar-refractivity contribution is -0.119. The molecule has 9 nitrogen and oxygen atoms in total. The van der Waals surface area contributed by atoms with Crippen molar-refractivity contribution in [2.24, 2.45) is 0 Å². The van der Waals surface area contributed by atoms with Crippen molar-refractivity contribution in [1.29, 1.82) is 0 Å². The van der Waals surface area contributed by atoms with E-state index < -0.39 is 16.1 Å². The van der Waals surface area contributed by atoms with Gasteiger partial charge in [-0.05, 0) is 31.2 Å². The summed E-state index contributed by atoms with van der Waals surface area (Å²) in [5, 5.41) is 6.78. The topological polar surface area (TPSA) is 103 Å². The highest BCUT2D eigenvalue weighted by atomic mass is 32.2. The molecule has 27 heavy (non-hydrogen) atoms. The van der Waals surface area contributed by atoms with Crippen LogP contribution in [-0.4, -0.2) is 61.8 Å². The Kier molecular flexibility index (Phi) is 5.78. The van der Waals surface area contributed by atoms with E-state index in [1.165, 1.54) is 34.3 Å². The number of hydrogen-bond acceptors (Lipinski definition) is 6. The van der Waals surface area contributed by atoms with Crippen LogP contribution in [0.5, 0.6) is 5.75 Å². The average molecular weight is 394 g/mol. The number of carbonyl (C=O) groups is 1. The van der Waals surface area contributed by atoms with Crippen molar-refractivity contribution >= 4 is 21.6 Å². The van der Waals surface area contributed by atoms with Gasteiger partial charge < -0.3 is 14.8 Å². The molecule has 1 aliphatic rings. The second-order valence-electron chi connectivity index (χ2n) is 6.03. The lowest BCUT2D eigenvalue weighted by Gasteiger charge is -2.26. The van der Waals surface area contributed by atoms with Gasteiger partial charge in [-0.15, -0.1) is 0 Å². The summed E-state index contributed by atoms with van der Waals surface area (Å²) in [5.41, 5.74) is 0.288. The van der Waals surface area contributed by atoms with Gasteiger partial charge in [-0.25, -0.2) is 8.42 Å². The highest BCUT2D eigenvalue weighted by molar-refractivity contribution is 7.89. The Balaban J connectivity index is 1.86. The summed E-state index contributed by atoms with van der Waals surface area (Å²) in [7, 11) is -2.22. The fourth-order valence-corrected chi connectivity index (χ4v) is 4.18. The molecule has 1 aromatic carbocycles. The first-order valence-electron chi connectivity index (χ1n) is 8.49. The van der Waals surface area contributed by atoms with Crippen LogP contribution in [0, 0.1) is 0 Å². The van der Waals surface area contributed by atoms with Crippen LogP contribution in [0.15, 0.2) is 41.6 Å². The van der Waals surface area contributed by atoms with Gasteiger partial charge in [0.1, 0.15) is 11.8 Å². The molecule has 1 atom stereocenters. The number of morpholine rings is 1. The Labute approximate surface area is 157 Å². The lowest BCUT2D eigenvalue weighted by atomic mass is 10.2. The SMILES string of the molecule is COc1ccc(S(=O)(=O)N2CCOCC2)cc1NC(=O)C(C)n1cccn1. The van der Waals surface area contributed by atoms with Gasteiger partial charge in [-0.1, -0.05) is 0 Å². The molecule has 10 heteroatoms. The fourth-order valence-electron chi connectivity index (χ4n) is 2.75. The average Bonchev–Trinajstić information content (AvgIpc) is 3.22. The molecule has 1 amide bonds. The lowest BCUT2D eigenvalue weighted by Crippen LogP contribution is -2.40. The molecule has 1 aromatic heterocycles. The summed E-state index contributed by atoms with van der Waals surface area (Å²) in [6.07, 6.45) is 3.26. The van der Waals surface area contributed by atoms with E-state index >= 15 is 0 Å². The van der Waals surface area contributed by atoms with E-state index in [9.17, 15) is 13.2 Å². The molecule has 2 aromatic rings.